The van der Waals surface area contributed by atoms with E-state index in [1.807, 2.05) is 0 Å². The third-order valence-corrected chi connectivity index (χ3v) is 5.73. The standard InChI is InChI=1S/C12H26.C9H18.C7H8FN.U/c1-5-8-12(7-3)10-9-11(4)6-2;1-3-5-7-9-8-6-4-2;1-5-6(8)3-2-4-7(5)9;/h11-12H,5-10H2,1-4H3;5,9H,3-4,6-8H2,1-2H3;2-4H,9H2,1H3;/q;-2;;+2. The smallest absolute Gasteiger partial charge is 0.398 e. The van der Waals surface area contributed by atoms with Gasteiger partial charge in [-0.1, -0.05) is 99.0 Å². The Hall–Kier alpha value is 0.00195. The summed E-state index contributed by atoms with van der Waals surface area (Å²) in [7, 11) is 0. The third-order valence-electron chi connectivity index (χ3n) is 5.73. The minimum atomic E-state index is -0.241. The van der Waals surface area contributed by atoms with Crippen LogP contribution in [0.2, 0.25) is 0 Å². The van der Waals surface area contributed by atoms with E-state index in [0.29, 0.717) is 11.3 Å². The zero-order chi connectivity index (χ0) is 23.2. The summed E-state index contributed by atoms with van der Waals surface area (Å²) >= 11 is 0. The van der Waals surface area contributed by atoms with E-state index in [0.717, 1.165) is 11.8 Å². The van der Waals surface area contributed by atoms with Crippen molar-refractivity contribution in [2.45, 2.75) is 119 Å². The van der Waals surface area contributed by atoms with E-state index in [1.54, 1.807) is 19.1 Å². The molecule has 0 aliphatic rings. The van der Waals surface area contributed by atoms with Crippen LogP contribution < -0.4 is 5.73 Å². The molecule has 0 bridgehead atoms. The number of unbranched alkanes of at least 4 members (excludes halogenated alkanes) is 6. The van der Waals surface area contributed by atoms with Crippen molar-refractivity contribution in [2.24, 2.45) is 11.8 Å². The molecule has 2 N–H and O–H groups in total. The number of hydrogen-bond donors (Lipinski definition) is 1. The van der Waals surface area contributed by atoms with Crippen LogP contribution in [0.1, 0.15) is 118 Å². The van der Waals surface area contributed by atoms with Crippen molar-refractivity contribution in [1.29, 1.82) is 0 Å². The van der Waals surface area contributed by atoms with Crippen molar-refractivity contribution >= 4 is 5.69 Å². The van der Waals surface area contributed by atoms with Gasteiger partial charge in [0.15, 0.2) is 0 Å². The monoisotopic (exact) mass is 659 g/mol. The predicted octanol–water partition coefficient (Wildman–Crippen LogP) is 9.74. The molecule has 0 aromatic heterocycles. The fourth-order valence-electron chi connectivity index (χ4n) is 3.06. The van der Waals surface area contributed by atoms with Gasteiger partial charge in [-0.05, 0) is 30.9 Å². The molecule has 2 unspecified atom stereocenters. The van der Waals surface area contributed by atoms with E-state index in [1.165, 1.54) is 76.7 Å². The van der Waals surface area contributed by atoms with Crippen LogP contribution in [0.4, 0.5) is 10.1 Å². The van der Waals surface area contributed by atoms with Gasteiger partial charge < -0.3 is 25.0 Å². The van der Waals surface area contributed by atoms with Gasteiger partial charge >= 0.3 is 31.1 Å². The normalized spacial score (nSPS) is 11.9. The molecule has 31 heavy (non-hydrogen) atoms. The first-order valence-corrected chi connectivity index (χ1v) is 12.5. The topological polar surface area (TPSA) is 26.0 Å². The summed E-state index contributed by atoms with van der Waals surface area (Å²) in [5.74, 6) is 1.70. The molecule has 0 fully saturated rings. The molecule has 0 amide bonds. The number of halogens is 1. The average molecular weight is 660 g/mol. The Morgan fingerprint density at radius 1 is 0.935 bits per heavy atom. The second-order valence-corrected chi connectivity index (χ2v) is 8.47. The Kier molecular flexibility index (Phi) is 30.1. The largest absolute Gasteiger partial charge is 2.00 e. The van der Waals surface area contributed by atoms with Gasteiger partial charge in [-0.15, -0.1) is 0 Å². The first-order valence-electron chi connectivity index (χ1n) is 12.5. The molecule has 0 spiro atoms. The van der Waals surface area contributed by atoms with Gasteiger partial charge in [0.25, 0.3) is 0 Å². The zero-order valence-electron chi connectivity index (χ0n) is 21.8. The Morgan fingerprint density at radius 3 is 2.06 bits per heavy atom. The van der Waals surface area contributed by atoms with Gasteiger partial charge in [0.1, 0.15) is 5.82 Å². The molecular weight excluding hydrogens is 607 g/mol. The summed E-state index contributed by atoms with van der Waals surface area (Å²) in [4.78, 5) is 0. The van der Waals surface area contributed by atoms with E-state index in [9.17, 15) is 4.39 Å². The SMILES string of the molecule is CCCC(CC)CCC(C)CC.CC[CH-]C[CH-]CCCC.Cc1c(N)cccc1F.[U+2]. The van der Waals surface area contributed by atoms with Crippen LogP contribution >= 0.6 is 0 Å². The molecule has 0 saturated carbocycles. The van der Waals surface area contributed by atoms with Gasteiger partial charge in [0, 0.05) is 11.3 Å². The Bertz CT molecular complexity index is 452. The summed E-state index contributed by atoms with van der Waals surface area (Å²) in [6.45, 7) is 15.4. The van der Waals surface area contributed by atoms with Crippen molar-refractivity contribution < 1.29 is 35.5 Å². The first kappa shape index (κ1) is 35.6. The van der Waals surface area contributed by atoms with E-state index in [-0.39, 0.29) is 36.9 Å². The van der Waals surface area contributed by atoms with Crippen LogP contribution in [0, 0.1) is 68.5 Å². The number of rotatable bonds is 13. The Labute approximate surface area is 219 Å². The predicted molar refractivity (Wildman–Crippen MR) is 136 cm³/mol. The van der Waals surface area contributed by atoms with Gasteiger partial charge in [-0.2, -0.15) is 12.8 Å². The van der Waals surface area contributed by atoms with Crippen molar-refractivity contribution in [2.75, 3.05) is 5.73 Å². The van der Waals surface area contributed by atoms with Crippen LogP contribution in [0.15, 0.2) is 18.2 Å². The number of nitrogen functional groups attached to an aromatic ring is 1. The average Bonchev–Trinajstić information content (AvgIpc) is 2.75. The molecule has 0 radical (unpaired) electrons. The van der Waals surface area contributed by atoms with Crippen LogP contribution in [-0.2, 0) is 0 Å². The molecule has 1 aromatic rings. The van der Waals surface area contributed by atoms with Gasteiger partial charge in [0.05, 0.1) is 0 Å². The van der Waals surface area contributed by atoms with Crippen LogP contribution in [0.3, 0.4) is 0 Å². The fraction of sp³-hybridized carbons (Fsp3) is 0.714. The molecule has 0 saturated heterocycles. The number of benzene rings is 1. The van der Waals surface area contributed by atoms with Crippen molar-refractivity contribution in [3.05, 3.63) is 42.4 Å². The van der Waals surface area contributed by atoms with Crippen molar-refractivity contribution in [3.8, 4) is 0 Å². The molecule has 0 aliphatic heterocycles. The molecule has 0 aliphatic carbocycles. The third kappa shape index (κ3) is 23.0. The molecule has 1 rings (SSSR count). The van der Waals surface area contributed by atoms with E-state index >= 15 is 0 Å². The summed E-state index contributed by atoms with van der Waals surface area (Å²) < 4.78 is 12.5. The first-order chi connectivity index (χ1) is 14.4. The van der Waals surface area contributed by atoms with Crippen molar-refractivity contribution in [1.82, 2.24) is 0 Å². The van der Waals surface area contributed by atoms with Gasteiger partial charge in [0.2, 0.25) is 0 Å². The maximum Gasteiger partial charge on any atom is 2.00 e. The maximum absolute atomic E-state index is 12.5. The van der Waals surface area contributed by atoms with Crippen LogP contribution in [0.25, 0.3) is 0 Å². The molecule has 1 nitrogen and oxygen atoms in total. The summed E-state index contributed by atoms with van der Waals surface area (Å²) in [6.07, 6.45) is 19.5. The molecule has 3 heteroatoms. The zero-order valence-corrected chi connectivity index (χ0v) is 25.9. The van der Waals surface area contributed by atoms with Crippen molar-refractivity contribution in [3.63, 3.8) is 0 Å². The van der Waals surface area contributed by atoms with Crippen LogP contribution in [-0.4, -0.2) is 0 Å². The second-order valence-electron chi connectivity index (χ2n) is 8.47. The maximum atomic E-state index is 12.5. The molecule has 1 aromatic carbocycles. The molecule has 2 atom stereocenters. The number of hydrogen-bond acceptors (Lipinski definition) is 1. The van der Waals surface area contributed by atoms with Gasteiger partial charge in [-0.3, -0.25) is 0 Å². The molecular formula is C28H52FNU. The number of anilines is 1. The second kappa shape index (κ2) is 26.3. The fourth-order valence-corrected chi connectivity index (χ4v) is 3.06. The summed E-state index contributed by atoms with van der Waals surface area (Å²) in [5, 5.41) is 0. The van der Waals surface area contributed by atoms with E-state index in [4.69, 9.17) is 5.73 Å². The van der Waals surface area contributed by atoms with Gasteiger partial charge in [-0.25, -0.2) is 4.39 Å². The van der Waals surface area contributed by atoms with Crippen LogP contribution in [0.5, 0.6) is 0 Å². The summed E-state index contributed by atoms with van der Waals surface area (Å²) in [6, 6.07) is 4.67. The molecule has 180 valence electrons. The minimum Gasteiger partial charge on any atom is -0.398 e. The number of nitrogens with two attached hydrogens (primary N) is 1. The van der Waals surface area contributed by atoms with E-state index in [2.05, 4.69) is 54.4 Å². The van der Waals surface area contributed by atoms with E-state index < -0.39 is 0 Å². The minimum absolute atomic E-state index is 0. The molecule has 0 heterocycles. The quantitative estimate of drug-likeness (QED) is 0.127. The Balaban J connectivity index is -0.000000378. The Morgan fingerprint density at radius 2 is 1.61 bits per heavy atom. The summed E-state index contributed by atoms with van der Waals surface area (Å²) in [5.41, 5.74) is 6.42.